The molecule has 0 saturated heterocycles. The Morgan fingerprint density at radius 1 is 1.31 bits per heavy atom. The van der Waals surface area contributed by atoms with Gasteiger partial charge in [0.2, 0.25) is 0 Å². The fourth-order valence-electron chi connectivity index (χ4n) is 1.19. The van der Waals surface area contributed by atoms with Gasteiger partial charge in [-0.15, -0.1) is 0 Å². The van der Waals surface area contributed by atoms with Crippen molar-refractivity contribution >= 4 is 0 Å². The van der Waals surface area contributed by atoms with Crippen LogP contribution in [-0.2, 0) is 4.74 Å². The van der Waals surface area contributed by atoms with Crippen molar-refractivity contribution in [2.45, 2.75) is 58.7 Å². The third kappa shape index (κ3) is 6.05. The van der Waals surface area contributed by atoms with Crippen molar-refractivity contribution < 1.29 is 9.84 Å². The Labute approximate surface area is 82.3 Å². The van der Waals surface area contributed by atoms with Crippen LogP contribution in [0.5, 0.6) is 0 Å². The molecule has 0 aliphatic rings. The Morgan fingerprint density at radius 3 is 2.23 bits per heavy atom. The molecule has 0 aromatic carbocycles. The van der Waals surface area contributed by atoms with Crippen LogP contribution in [0.3, 0.4) is 0 Å². The second-order valence-corrected chi connectivity index (χ2v) is 4.57. The Bertz CT molecular complexity index is 130. The lowest BCUT2D eigenvalue weighted by atomic mass is 9.94. The van der Waals surface area contributed by atoms with Crippen molar-refractivity contribution in [1.29, 1.82) is 0 Å². The zero-order chi connectivity index (χ0) is 10.5. The summed E-state index contributed by atoms with van der Waals surface area (Å²) in [6, 6.07) is 0. The van der Waals surface area contributed by atoms with E-state index in [0.29, 0.717) is 5.92 Å². The molecular weight excluding hydrogens is 164 g/mol. The third-order valence-corrected chi connectivity index (χ3v) is 2.81. The van der Waals surface area contributed by atoms with Gasteiger partial charge in [-0.3, -0.25) is 0 Å². The van der Waals surface area contributed by atoms with Crippen molar-refractivity contribution in [2.75, 3.05) is 7.11 Å². The first-order valence-corrected chi connectivity index (χ1v) is 5.12. The summed E-state index contributed by atoms with van der Waals surface area (Å²) in [4.78, 5) is 0. The van der Waals surface area contributed by atoms with E-state index in [1.165, 1.54) is 0 Å². The number of hydrogen-bond acceptors (Lipinski definition) is 2. The Morgan fingerprint density at radius 2 is 1.85 bits per heavy atom. The normalized spacial score (nSPS) is 17.1. The molecule has 0 unspecified atom stereocenters. The minimum absolute atomic E-state index is 0.0155. The minimum Gasteiger partial charge on any atom is -0.393 e. The molecule has 0 aromatic rings. The summed E-state index contributed by atoms with van der Waals surface area (Å²) in [5.41, 5.74) is -0.0155. The zero-order valence-corrected chi connectivity index (χ0v) is 9.63. The summed E-state index contributed by atoms with van der Waals surface area (Å²) < 4.78 is 5.32. The van der Waals surface area contributed by atoms with Gasteiger partial charge in [0, 0.05) is 7.11 Å². The van der Waals surface area contributed by atoms with E-state index in [9.17, 15) is 5.11 Å². The molecule has 0 radical (unpaired) electrons. The Hall–Kier alpha value is -0.0800. The molecule has 0 heterocycles. The minimum atomic E-state index is -0.189. The van der Waals surface area contributed by atoms with Crippen molar-refractivity contribution in [1.82, 2.24) is 0 Å². The third-order valence-electron chi connectivity index (χ3n) is 2.81. The first-order valence-electron chi connectivity index (χ1n) is 5.12. The van der Waals surface area contributed by atoms with Crippen LogP contribution in [0.25, 0.3) is 0 Å². The molecule has 0 spiro atoms. The predicted octanol–water partition coefficient (Wildman–Crippen LogP) is 2.60. The maximum Gasteiger partial charge on any atom is 0.0622 e. The largest absolute Gasteiger partial charge is 0.393 e. The summed E-state index contributed by atoms with van der Waals surface area (Å²) in [6.07, 6.45) is 3.06. The van der Waals surface area contributed by atoms with E-state index in [1.807, 2.05) is 6.92 Å². The number of rotatable bonds is 6. The predicted molar refractivity (Wildman–Crippen MR) is 55.8 cm³/mol. The van der Waals surface area contributed by atoms with Crippen LogP contribution < -0.4 is 0 Å². The van der Waals surface area contributed by atoms with E-state index in [0.717, 1.165) is 19.3 Å². The maximum absolute atomic E-state index is 9.28. The molecule has 0 amide bonds. The first-order chi connectivity index (χ1) is 5.89. The molecule has 0 rings (SSSR count). The monoisotopic (exact) mass is 188 g/mol. The van der Waals surface area contributed by atoms with E-state index in [1.54, 1.807) is 7.11 Å². The summed E-state index contributed by atoms with van der Waals surface area (Å²) in [6.45, 7) is 8.14. The topological polar surface area (TPSA) is 29.5 Å². The first kappa shape index (κ1) is 12.9. The standard InChI is InChI=1S/C11H24O2/c1-9(10(2)12)7-6-8-11(3,4)13-5/h9-10,12H,6-8H2,1-5H3/t9-,10+/m0/s1. The molecule has 1 N–H and O–H groups in total. The van der Waals surface area contributed by atoms with E-state index in [2.05, 4.69) is 20.8 Å². The molecule has 2 atom stereocenters. The van der Waals surface area contributed by atoms with Crippen LogP contribution in [0.1, 0.15) is 47.0 Å². The summed E-state index contributed by atoms with van der Waals surface area (Å²) in [5, 5.41) is 9.28. The lowest BCUT2D eigenvalue weighted by molar-refractivity contribution is 0.0111. The second-order valence-electron chi connectivity index (χ2n) is 4.57. The average Bonchev–Trinajstić information content (AvgIpc) is 2.04. The van der Waals surface area contributed by atoms with Crippen molar-refractivity contribution in [2.24, 2.45) is 5.92 Å². The second kappa shape index (κ2) is 5.61. The van der Waals surface area contributed by atoms with E-state index >= 15 is 0 Å². The molecule has 0 saturated carbocycles. The highest BCUT2D eigenvalue weighted by atomic mass is 16.5. The van der Waals surface area contributed by atoms with Crippen LogP contribution in [0.2, 0.25) is 0 Å². The number of aliphatic hydroxyl groups excluding tert-OH is 1. The van der Waals surface area contributed by atoms with Crippen LogP contribution in [0, 0.1) is 5.92 Å². The van der Waals surface area contributed by atoms with Gasteiger partial charge in [0.1, 0.15) is 0 Å². The summed E-state index contributed by atoms with van der Waals surface area (Å²) >= 11 is 0. The molecule has 80 valence electrons. The molecule has 2 nitrogen and oxygen atoms in total. The van der Waals surface area contributed by atoms with Crippen LogP contribution in [0.4, 0.5) is 0 Å². The highest BCUT2D eigenvalue weighted by Crippen LogP contribution is 2.20. The molecule has 13 heavy (non-hydrogen) atoms. The molecule has 0 aliphatic heterocycles. The highest BCUT2D eigenvalue weighted by Gasteiger charge is 2.17. The van der Waals surface area contributed by atoms with Gasteiger partial charge in [0.25, 0.3) is 0 Å². The fourth-order valence-corrected chi connectivity index (χ4v) is 1.19. The molecular formula is C11H24O2. The summed E-state index contributed by atoms with van der Waals surface area (Å²) in [5.74, 6) is 0.396. The number of hydrogen-bond donors (Lipinski definition) is 1. The molecule has 2 heteroatoms. The average molecular weight is 188 g/mol. The highest BCUT2D eigenvalue weighted by molar-refractivity contribution is 4.69. The van der Waals surface area contributed by atoms with Gasteiger partial charge < -0.3 is 9.84 Å². The zero-order valence-electron chi connectivity index (χ0n) is 9.63. The van der Waals surface area contributed by atoms with Gasteiger partial charge in [0.05, 0.1) is 11.7 Å². The quantitative estimate of drug-likeness (QED) is 0.694. The van der Waals surface area contributed by atoms with Crippen molar-refractivity contribution in [3.8, 4) is 0 Å². The molecule has 0 aromatic heterocycles. The van der Waals surface area contributed by atoms with Gasteiger partial charge in [-0.2, -0.15) is 0 Å². The van der Waals surface area contributed by atoms with Gasteiger partial charge in [-0.05, 0) is 39.5 Å². The molecule has 0 fully saturated rings. The number of aliphatic hydroxyl groups is 1. The van der Waals surface area contributed by atoms with Gasteiger partial charge >= 0.3 is 0 Å². The molecule has 0 bridgehead atoms. The van der Waals surface area contributed by atoms with Crippen LogP contribution >= 0.6 is 0 Å². The molecule has 0 aliphatic carbocycles. The van der Waals surface area contributed by atoms with Gasteiger partial charge in [0.15, 0.2) is 0 Å². The van der Waals surface area contributed by atoms with Gasteiger partial charge in [-0.25, -0.2) is 0 Å². The fraction of sp³-hybridized carbons (Fsp3) is 1.00. The summed E-state index contributed by atoms with van der Waals surface area (Å²) in [7, 11) is 1.75. The Kier molecular flexibility index (Phi) is 5.57. The maximum atomic E-state index is 9.28. The van der Waals surface area contributed by atoms with Crippen molar-refractivity contribution in [3.05, 3.63) is 0 Å². The number of methoxy groups -OCH3 is 1. The lowest BCUT2D eigenvalue weighted by Crippen LogP contribution is -2.23. The number of ether oxygens (including phenoxy) is 1. The van der Waals surface area contributed by atoms with Crippen LogP contribution in [0.15, 0.2) is 0 Å². The smallest absolute Gasteiger partial charge is 0.0622 e. The van der Waals surface area contributed by atoms with E-state index in [4.69, 9.17) is 4.74 Å². The van der Waals surface area contributed by atoms with E-state index < -0.39 is 0 Å². The lowest BCUT2D eigenvalue weighted by Gasteiger charge is -2.23. The van der Waals surface area contributed by atoms with Crippen LogP contribution in [-0.4, -0.2) is 23.9 Å². The Balaban J connectivity index is 3.56. The van der Waals surface area contributed by atoms with E-state index in [-0.39, 0.29) is 11.7 Å². The SMILES string of the molecule is COC(C)(C)CCC[C@H](C)[C@@H](C)O. The van der Waals surface area contributed by atoms with Gasteiger partial charge in [-0.1, -0.05) is 13.3 Å². The van der Waals surface area contributed by atoms with Crippen molar-refractivity contribution in [3.63, 3.8) is 0 Å².